The van der Waals surface area contributed by atoms with Crippen LogP contribution in [0.15, 0.2) is 53.4 Å². The number of nitrogens with zero attached hydrogens (tertiary/aromatic N) is 6. The summed E-state index contributed by atoms with van der Waals surface area (Å²) < 4.78 is 33.0. The topological polar surface area (TPSA) is 162 Å². The van der Waals surface area contributed by atoms with Crippen molar-refractivity contribution in [2.45, 2.75) is 18.7 Å². The molecule has 0 saturated carbocycles. The standard InChI is InChI=1S/C23H24N6O7S/c1-3-36-18-6-4-17(5-7-18)20-8-9-23(25-24-20)26-10-12-27(13-11-26)37(34,35)19-14-21(28(30)31)16(2)22(15-19)29(32)33/h4-9,14-15H,3,10-13H2,1-2H3. The summed E-state index contributed by atoms with van der Waals surface area (Å²) in [5.41, 5.74) is 0.116. The quantitative estimate of drug-likeness (QED) is 0.313. The van der Waals surface area contributed by atoms with Gasteiger partial charge in [-0.05, 0) is 50.2 Å². The lowest BCUT2D eigenvalue weighted by Crippen LogP contribution is -2.49. The van der Waals surface area contributed by atoms with E-state index in [4.69, 9.17) is 4.74 Å². The van der Waals surface area contributed by atoms with Gasteiger partial charge in [-0.3, -0.25) is 20.2 Å². The first kappa shape index (κ1) is 25.9. The van der Waals surface area contributed by atoms with Crippen molar-refractivity contribution >= 4 is 27.2 Å². The van der Waals surface area contributed by atoms with Gasteiger partial charge in [-0.25, -0.2) is 8.42 Å². The number of sulfonamides is 1. The fraction of sp³-hybridized carbons (Fsp3) is 0.304. The van der Waals surface area contributed by atoms with Crippen LogP contribution in [0.3, 0.4) is 0 Å². The Hall–Kier alpha value is -4.17. The zero-order valence-corrected chi connectivity index (χ0v) is 20.9. The summed E-state index contributed by atoms with van der Waals surface area (Å²) in [5.74, 6) is 1.34. The fourth-order valence-electron chi connectivity index (χ4n) is 4.03. The highest BCUT2D eigenvalue weighted by atomic mass is 32.2. The number of hydrogen-bond donors (Lipinski definition) is 0. The number of nitro benzene ring substituents is 2. The zero-order valence-electron chi connectivity index (χ0n) is 20.1. The van der Waals surface area contributed by atoms with Gasteiger partial charge in [0.1, 0.15) is 11.3 Å². The normalized spacial score (nSPS) is 14.4. The van der Waals surface area contributed by atoms with Crippen LogP contribution in [-0.4, -0.2) is 65.6 Å². The molecule has 2 heterocycles. The molecular formula is C23H24N6O7S. The van der Waals surface area contributed by atoms with E-state index in [1.165, 1.54) is 6.92 Å². The van der Waals surface area contributed by atoms with E-state index < -0.39 is 36.1 Å². The number of rotatable bonds is 8. The third-order valence-corrected chi connectivity index (χ3v) is 7.91. The molecule has 1 aliphatic rings. The SMILES string of the molecule is CCOc1ccc(-c2ccc(N3CCN(S(=O)(=O)c4cc([N+](=O)[O-])c(C)c([N+](=O)[O-])c4)CC3)nn2)cc1. The van der Waals surface area contributed by atoms with Gasteiger partial charge >= 0.3 is 0 Å². The van der Waals surface area contributed by atoms with E-state index in [9.17, 15) is 28.6 Å². The Morgan fingerprint density at radius 3 is 2.00 bits per heavy atom. The number of piperazine rings is 1. The molecule has 13 nitrogen and oxygen atoms in total. The molecule has 0 radical (unpaired) electrons. The van der Waals surface area contributed by atoms with Crippen molar-refractivity contribution in [3.8, 4) is 17.0 Å². The van der Waals surface area contributed by atoms with E-state index >= 15 is 0 Å². The number of anilines is 1. The summed E-state index contributed by atoms with van der Waals surface area (Å²) in [5, 5.41) is 31.3. The first-order valence-electron chi connectivity index (χ1n) is 11.4. The van der Waals surface area contributed by atoms with E-state index in [1.54, 1.807) is 6.07 Å². The van der Waals surface area contributed by atoms with Crippen LogP contribution in [0.5, 0.6) is 5.75 Å². The summed E-state index contributed by atoms with van der Waals surface area (Å²) in [6, 6.07) is 12.8. The molecule has 0 aliphatic carbocycles. The van der Waals surface area contributed by atoms with Crippen molar-refractivity contribution in [3.63, 3.8) is 0 Å². The van der Waals surface area contributed by atoms with Crippen molar-refractivity contribution < 1.29 is 23.0 Å². The second-order valence-electron chi connectivity index (χ2n) is 8.23. The summed E-state index contributed by atoms with van der Waals surface area (Å²) in [7, 11) is -4.20. The van der Waals surface area contributed by atoms with E-state index in [1.807, 2.05) is 42.2 Å². The van der Waals surface area contributed by atoms with Crippen LogP contribution in [0, 0.1) is 27.2 Å². The largest absolute Gasteiger partial charge is 0.494 e. The summed E-state index contributed by atoms with van der Waals surface area (Å²) in [6.07, 6.45) is 0. The molecule has 2 aromatic carbocycles. The third-order valence-electron chi connectivity index (χ3n) is 6.03. The van der Waals surface area contributed by atoms with Crippen molar-refractivity contribution in [2.24, 2.45) is 0 Å². The van der Waals surface area contributed by atoms with Crippen LogP contribution in [-0.2, 0) is 10.0 Å². The molecule has 3 aromatic rings. The van der Waals surface area contributed by atoms with Crippen molar-refractivity contribution in [1.29, 1.82) is 0 Å². The van der Waals surface area contributed by atoms with Crippen LogP contribution in [0.25, 0.3) is 11.3 Å². The molecule has 0 N–H and O–H groups in total. The van der Waals surface area contributed by atoms with Gasteiger partial charge in [-0.1, -0.05) is 0 Å². The lowest BCUT2D eigenvalue weighted by Gasteiger charge is -2.34. The monoisotopic (exact) mass is 528 g/mol. The number of benzene rings is 2. The zero-order chi connectivity index (χ0) is 26.7. The second-order valence-corrected chi connectivity index (χ2v) is 10.2. The number of nitro groups is 2. The van der Waals surface area contributed by atoms with E-state index in [-0.39, 0.29) is 18.7 Å². The van der Waals surface area contributed by atoms with Gasteiger partial charge in [-0.15, -0.1) is 10.2 Å². The lowest BCUT2D eigenvalue weighted by atomic mass is 10.1. The molecule has 0 unspecified atom stereocenters. The Morgan fingerprint density at radius 1 is 0.919 bits per heavy atom. The van der Waals surface area contributed by atoms with Crippen molar-refractivity contribution in [1.82, 2.24) is 14.5 Å². The summed E-state index contributed by atoms with van der Waals surface area (Å²) in [4.78, 5) is 22.5. The maximum absolute atomic E-state index is 13.2. The van der Waals surface area contributed by atoms with Gasteiger partial charge in [0.2, 0.25) is 10.0 Å². The van der Waals surface area contributed by atoms with Gasteiger partial charge < -0.3 is 9.64 Å². The van der Waals surface area contributed by atoms with Crippen molar-refractivity contribution in [2.75, 3.05) is 37.7 Å². The Labute approximate surface area is 212 Å². The molecule has 1 aliphatic heterocycles. The molecule has 0 bridgehead atoms. The van der Waals surface area contributed by atoms with Gasteiger partial charge in [0.15, 0.2) is 5.82 Å². The summed E-state index contributed by atoms with van der Waals surface area (Å²) in [6.45, 7) is 4.44. The van der Waals surface area contributed by atoms with Crippen LogP contribution < -0.4 is 9.64 Å². The average Bonchev–Trinajstić information content (AvgIpc) is 2.89. The fourth-order valence-corrected chi connectivity index (χ4v) is 5.49. The minimum Gasteiger partial charge on any atom is -0.494 e. The minimum absolute atomic E-state index is 0.0696. The first-order chi connectivity index (χ1) is 17.6. The molecule has 1 aromatic heterocycles. The van der Waals surface area contributed by atoms with Gasteiger partial charge in [-0.2, -0.15) is 4.31 Å². The Morgan fingerprint density at radius 2 is 1.51 bits per heavy atom. The van der Waals surface area contributed by atoms with Gasteiger partial charge in [0.05, 0.1) is 27.0 Å². The molecule has 37 heavy (non-hydrogen) atoms. The maximum Gasteiger partial charge on any atom is 0.280 e. The number of hydrogen-bond acceptors (Lipinski definition) is 10. The average molecular weight is 529 g/mol. The van der Waals surface area contributed by atoms with E-state index in [0.717, 1.165) is 27.8 Å². The molecule has 0 atom stereocenters. The molecule has 1 saturated heterocycles. The third kappa shape index (κ3) is 5.34. The predicted octanol–water partition coefficient (Wildman–Crippen LogP) is 3.18. The molecule has 0 amide bonds. The van der Waals surface area contributed by atoms with Crippen molar-refractivity contribution in [3.05, 3.63) is 74.3 Å². The van der Waals surface area contributed by atoms with E-state index in [0.29, 0.717) is 31.2 Å². The van der Waals surface area contributed by atoms with Gasteiger partial charge in [0, 0.05) is 43.9 Å². The molecule has 194 valence electrons. The molecule has 4 rings (SSSR count). The molecule has 14 heteroatoms. The maximum atomic E-state index is 13.2. The molecule has 1 fully saturated rings. The summed E-state index contributed by atoms with van der Waals surface area (Å²) >= 11 is 0. The first-order valence-corrected chi connectivity index (χ1v) is 12.8. The Balaban J connectivity index is 1.47. The Bertz CT molecular complexity index is 1390. The van der Waals surface area contributed by atoms with Crippen LogP contribution in [0.2, 0.25) is 0 Å². The highest BCUT2D eigenvalue weighted by molar-refractivity contribution is 7.89. The van der Waals surface area contributed by atoms with Gasteiger partial charge in [0.25, 0.3) is 11.4 Å². The van der Waals surface area contributed by atoms with Crippen LogP contribution in [0.4, 0.5) is 17.2 Å². The number of ether oxygens (including phenoxy) is 1. The highest BCUT2D eigenvalue weighted by Crippen LogP contribution is 2.33. The number of aromatic nitrogens is 2. The molecular weight excluding hydrogens is 504 g/mol. The lowest BCUT2D eigenvalue weighted by molar-refractivity contribution is -0.395. The molecule has 0 spiro atoms. The van der Waals surface area contributed by atoms with Crippen LogP contribution >= 0.6 is 0 Å². The van der Waals surface area contributed by atoms with Crippen LogP contribution in [0.1, 0.15) is 12.5 Å². The predicted molar refractivity (Wildman–Crippen MR) is 134 cm³/mol. The second kappa shape index (κ2) is 10.4. The Kier molecular flexibility index (Phi) is 7.31. The van der Waals surface area contributed by atoms with E-state index in [2.05, 4.69) is 10.2 Å². The smallest absolute Gasteiger partial charge is 0.280 e. The minimum atomic E-state index is -4.20. The highest BCUT2D eigenvalue weighted by Gasteiger charge is 2.33.